The Balaban J connectivity index is 4.01. The van der Waals surface area contributed by atoms with E-state index in [4.69, 9.17) is 5.73 Å². The molecular formula is C10H24N2O2S. The quantitative estimate of drug-likeness (QED) is 0.658. The standard InChI is InChI=1S/C10H24N2O2S/c1-4-10(5-6-11)7-12-15(13,14)8-9(2)3/h9-10,12H,4-8,11H2,1-3H3. The van der Waals surface area contributed by atoms with Crippen molar-refractivity contribution in [2.45, 2.75) is 33.6 Å². The average Bonchev–Trinajstić information content (AvgIpc) is 2.10. The van der Waals surface area contributed by atoms with Crippen molar-refractivity contribution in [1.82, 2.24) is 4.72 Å². The Hall–Kier alpha value is -0.130. The van der Waals surface area contributed by atoms with Gasteiger partial charge in [-0.1, -0.05) is 27.2 Å². The summed E-state index contributed by atoms with van der Waals surface area (Å²) in [6.45, 7) is 6.98. The van der Waals surface area contributed by atoms with Gasteiger partial charge in [0.1, 0.15) is 0 Å². The fraction of sp³-hybridized carbons (Fsp3) is 1.00. The molecule has 1 atom stereocenters. The molecule has 0 aromatic heterocycles. The van der Waals surface area contributed by atoms with Gasteiger partial charge in [-0.05, 0) is 24.8 Å². The second kappa shape index (κ2) is 7.19. The molecule has 0 aliphatic rings. The number of sulfonamides is 1. The highest BCUT2D eigenvalue weighted by Crippen LogP contribution is 2.06. The van der Waals surface area contributed by atoms with Crippen molar-refractivity contribution in [2.75, 3.05) is 18.8 Å². The molecule has 0 aromatic carbocycles. The molecule has 4 nitrogen and oxygen atoms in total. The SMILES string of the molecule is CCC(CCN)CNS(=O)(=O)CC(C)C. The zero-order valence-electron chi connectivity index (χ0n) is 9.99. The van der Waals surface area contributed by atoms with Gasteiger partial charge in [-0.3, -0.25) is 0 Å². The summed E-state index contributed by atoms with van der Waals surface area (Å²) >= 11 is 0. The van der Waals surface area contributed by atoms with Crippen LogP contribution in [0.5, 0.6) is 0 Å². The summed E-state index contributed by atoms with van der Waals surface area (Å²) in [5.41, 5.74) is 5.45. The van der Waals surface area contributed by atoms with E-state index >= 15 is 0 Å². The average molecular weight is 236 g/mol. The summed E-state index contributed by atoms with van der Waals surface area (Å²) in [6.07, 6.45) is 1.84. The fourth-order valence-corrected chi connectivity index (χ4v) is 2.91. The second-order valence-corrected chi connectivity index (χ2v) is 6.23. The molecule has 0 rings (SSSR count). The minimum atomic E-state index is -3.10. The summed E-state index contributed by atoms with van der Waals surface area (Å²) < 4.78 is 25.7. The molecule has 5 heteroatoms. The van der Waals surface area contributed by atoms with Crippen molar-refractivity contribution in [2.24, 2.45) is 17.6 Å². The number of nitrogens with one attached hydrogen (secondary N) is 1. The van der Waals surface area contributed by atoms with Crippen LogP contribution in [0.1, 0.15) is 33.6 Å². The van der Waals surface area contributed by atoms with Crippen LogP contribution in [-0.2, 0) is 10.0 Å². The van der Waals surface area contributed by atoms with E-state index in [0.717, 1.165) is 12.8 Å². The molecule has 0 radical (unpaired) electrons. The molecule has 0 aliphatic heterocycles. The molecule has 0 spiro atoms. The van der Waals surface area contributed by atoms with Crippen LogP contribution in [0.25, 0.3) is 0 Å². The zero-order valence-corrected chi connectivity index (χ0v) is 10.8. The first-order valence-corrected chi connectivity index (χ1v) is 7.24. The molecule has 0 aromatic rings. The first kappa shape index (κ1) is 14.9. The van der Waals surface area contributed by atoms with Crippen molar-refractivity contribution in [3.05, 3.63) is 0 Å². The maximum atomic E-state index is 11.5. The fourth-order valence-electron chi connectivity index (χ4n) is 1.43. The van der Waals surface area contributed by atoms with Crippen molar-refractivity contribution < 1.29 is 8.42 Å². The van der Waals surface area contributed by atoms with Gasteiger partial charge in [-0.25, -0.2) is 13.1 Å². The Bertz CT molecular complexity index is 250. The monoisotopic (exact) mass is 236 g/mol. The first-order valence-electron chi connectivity index (χ1n) is 5.58. The van der Waals surface area contributed by atoms with Crippen LogP contribution in [0, 0.1) is 11.8 Å². The first-order chi connectivity index (χ1) is 6.91. The van der Waals surface area contributed by atoms with Crippen molar-refractivity contribution in [1.29, 1.82) is 0 Å². The van der Waals surface area contributed by atoms with Crippen LogP contribution in [0.15, 0.2) is 0 Å². The summed E-state index contributed by atoms with van der Waals surface area (Å²) in [5, 5.41) is 0. The van der Waals surface area contributed by atoms with Gasteiger partial charge >= 0.3 is 0 Å². The number of rotatable bonds is 8. The van der Waals surface area contributed by atoms with Crippen molar-refractivity contribution in [3.63, 3.8) is 0 Å². The summed E-state index contributed by atoms with van der Waals surface area (Å²) in [7, 11) is -3.10. The summed E-state index contributed by atoms with van der Waals surface area (Å²) in [5.74, 6) is 0.723. The zero-order chi connectivity index (χ0) is 11.9. The smallest absolute Gasteiger partial charge is 0.211 e. The third kappa shape index (κ3) is 7.76. The molecule has 0 heterocycles. The van der Waals surface area contributed by atoms with Crippen LogP contribution in [0.3, 0.4) is 0 Å². The van der Waals surface area contributed by atoms with E-state index < -0.39 is 10.0 Å². The van der Waals surface area contributed by atoms with Gasteiger partial charge in [0.2, 0.25) is 10.0 Å². The lowest BCUT2D eigenvalue weighted by molar-refractivity contribution is 0.464. The molecule has 0 saturated carbocycles. The van der Waals surface area contributed by atoms with Crippen LogP contribution in [-0.4, -0.2) is 27.3 Å². The van der Waals surface area contributed by atoms with E-state index in [1.165, 1.54) is 0 Å². The minimum absolute atomic E-state index is 0.164. The lowest BCUT2D eigenvalue weighted by atomic mass is 10.0. The van der Waals surface area contributed by atoms with E-state index in [1.54, 1.807) is 0 Å². The highest BCUT2D eigenvalue weighted by Gasteiger charge is 2.14. The molecule has 0 fully saturated rings. The summed E-state index contributed by atoms with van der Waals surface area (Å²) in [6, 6.07) is 0. The Kier molecular flexibility index (Phi) is 7.13. The number of nitrogens with two attached hydrogens (primary N) is 1. The third-order valence-corrected chi connectivity index (χ3v) is 4.01. The van der Waals surface area contributed by atoms with E-state index in [-0.39, 0.29) is 11.7 Å². The predicted molar refractivity (Wildman–Crippen MR) is 64.1 cm³/mol. The van der Waals surface area contributed by atoms with Crippen LogP contribution < -0.4 is 10.5 Å². The predicted octanol–water partition coefficient (Wildman–Crippen LogP) is 0.937. The van der Waals surface area contributed by atoms with Gasteiger partial charge in [-0.2, -0.15) is 0 Å². The maximum Gasteiger partial charge on any atom is 0.211 e. The van der Waals surface area contributed by atoms with Gasteiger partial charge in [0.25, 0.3) is 0 Å². The summed E-state index contributed by atoms with van der Waals surface area (Å²) in [4.78, 5) is 0. The van der Waals surface area contributed by atoms with Crippen molar-refractivity contribution in [3.8, 4) is 0 Å². The van der Waals surface area contributed by atoms with Crippen LogP contribution in [0.4, 0.5) is 0 Å². The molecule has 1 unspecified atom stereocenters. The van der Waals surface area contributed by atoms with E-state index in [2.05, 4.69) is 11.6 Å². The van der Waals surface area contributed by atoms with Crippen LogP contribution >= 0.6 is 0 Å². The lowest BCUT2D eigenvalue weighted by Crippen LogP contribution is -2.33. The Morgan fingerprint density at radius 3 is 2.33 bits per heavy atom. The molecule has 3 N–H and O–H groups in total. The van der Waals surface area contributed by atoms with Crippen molar-refractivity contribution >= 4 is 10.0 Å². The van der Waals surface area contributed by atoms with Gasteiger partial charge in [0, 0.05) is 6.54 Å². The molecule has 0 amide bonds. The van der Waals surface area contributed by atoms with Gasteiger partial charge in [0.05, 0.1) is 5.75 Å². The number of hydrogen-bond donors (Lipinski definition) is 2. The topological polar surface area (TPSA) is 72.2 Å². The number of hydrogen-bond acceptors (Lipinski definition) is 3. The Morgan fingerprint density at radius 2 is 1.93 bits per heavy atom. The van der Waals surface area contributed by atoms with Gasteiger partial charge < -0.3 is 5.73 Å². The molecule has 0 aliphatic carbocycles. The van der Waals surface area contributed by atoms with E-state index in [9.17, 15) is 8.42 Å². The van der Waals surface area contributed by atoms with Crippen LogP contribution in [0.2, 0.25) is 0 Å². The van der Waals surface area contributed by atoms with Gasteiger partial charge in [0.15, 0.2) is 0 Å². The lowest BCUT2D eigenvalue weighted by Gasteiger charge is -2.15. The van der Waals surface area contributed by atoms with Gasteiger partial charge in [-0.15, -0.1) is 0 Å². The van der Waals surface area contributed by atoms with E-state index in [0.29, 0.717) is 19.0 Å². The molecule has 92 valence electrons. The molecule has 15 heavy (non-hydrogen) atoms. The van der Waals surface area contributed by atoms with E-state index in [1.807, 2.05) is 13.8 Å². The molecule has 0 saturated heterocycles. The Morgan fingerprint density at radius 1 is 1.33 bits per heavy atom. The largest absolute Gasteiger partial charge is 0.330 e. The molecular weight excluding hydrogens is 212 g/mol. The molecule has 0 bridgehead atoms. The Labute approximate surface area is 93.7 Å². The highest BCUT2D eigenvalue weighted by molar-refractivity contribution is 7.89. The minimum Gasteiger partial charge on any atom is -0.330 e. The normalized spacial score (nSPS) is 14.5. The second-order valence-electron chi connectivity index (χ2n) is 4.38. The maximum absolute atomic E-state index is 11.5. The third-order valence-electron chi connectivity index (χ3n) is 2.30. The highest BCUT2D eigenvalue weighted by atomic mass is 32.2.